The Kier molecular flexibility index (Phi) is 3.24. The number of methoxy groups -OCH3 is 1. The smallest absolute Gasteiger partial charge is 0.231 e. The number of aromatic nitrogens is 3. The first-order valence-corrected chi connectivity index (χ1v) is 8.44. The van der Waals surface area contributed by atoms with Crippen LogP contribution < -0.4 is 19.9 Å². The molecule has 0 radical (unpaired) electrons. The van der Waals surface area contributed by atoms with Crippen LogP contribution in [-0.2, 0) is 12.8 Å². The van der Waals surface area contributed by atoms with Crippen molar-refractivity contribution in [3.63, 3.8) is 0 Å². The number of nitrogens with two attached hydrogens (primary N) is 1. The first-order valence-electron chi connectivity index (χ1n) is 8.44. The molecule has 8 heteroatoms. The summed E-state index contributed by atoms with van der Waals surface area (Å²) in [7, 11) is 1.57. The number of rotatable bonds is 2. The van der Waals surface area contributed by atoms with E-state index in [2.05, 4.69) is 21.3 Å². The molecule has 3 N–H and O–H groups in total. The minimum Gasteiger partial charge on any atom is -0.493 e. The minimum absolute atomic E-state index is 0.134. The van der Waals surface area contributed by atoms with Crippen LogP contribution >= 0.6 is 0 Å². The van der Waals surface area contributed by atoms with Crippen LogP contribution in [0.3, 0.4) is 0 Å². The van der Waals surface area contributed by atoms with Crippen LogP contribution in [0.15, 0.2) is 18.3 Å². The van der Waals surface area contributed by atoms with Gasteiger partial charge in [0.2, 0.25) is 12.5 Å². The minimum atomic E-state index is 0.134. The Morgan fingerprint density at radius 2 is 2.19 bits per heavy atom. The molecule has 3 aromatic rings. The molecule has 2 aromatic heterocycles. The predicted octanol–water partition coefficient (Wildman–Crippen LogP) is 2.43. The molecule has 5 rings (SSSR count). The van der Waals surface area contributed by atoms with Crippen LogP contribution in [0.1, 0.15) is 16.8 Å². The van der Waals surface area contributed by atoms with Crippen molar-refractivity contribution in [3.05, 3.63) is 35.2 Å². The highest BCUT2D eigenvalue weighted by atomic mass is 16.7. The zero-order valence-corrected chi connectivity index (χ0v) is 14.5. The first kappa shape index (κ1) is 15.5. The van der Waals surface area contributed by atoms with Crippen molar-refractivity contribution in [2.75, 3.05) is 19.6 Å². The number of aryl methyl sites for hydroxylation is 1. The van der Waals surface area contributed by atoms with Gasteiger partial charge in [0.25, 0.3) is 0 Å². The van der Waals surface area contributed by atoms with E-state index in [1.807, 2.05) is 12.1 Å². The molecule has 27 heavy (non-hydrogen) atoms. The Hall–Kier alpha value is -3.73. The van der Waals surface area contributed by atoms with Crippen molar-refractivity contribution in [2.24, 2.45) is 0 Å². The maximum atomic E-state index is 9.76. The number of nitrogens with one attached hydrogen (secondary N) is 1. The molecule has 2 aliphatic rings. The predicted molar refractivity (Wildman–Crippen MR) is 96.5 cm³/mol. The summed E-state index contributed by atoms with van der Waals surface area (Å²) in [6, 6.07) is 5.91. The fourth-order valence-electron chi connectivity index (χ4n) is 3.77. The van der Waals surface area contributed by atoms with Crippen LogP contribution in [0.25, 0.3) is 22.4 Å². The molecular formula is C19H15N5O3. The van der Waals surface area contributed by atoms with Crippen molar-refractivity contribution < 1.29 is 14.2 Å². The topological polar surface area (TPSA) is 119 Å². The summed E-state index contributed by atoms with van der Waals surface area (Å²) < 4.78 is 16.5. The molecule has 134 valence electrons. The van der Waals surface area contributed by atoms with Crippen LogP contribution in [0.2, 0.25) is 0 Å². The molecule has 1 aliphatic heterocycles. The molecule has 3 heterocycles. The second-order valence-electron chi connectivity index (χ2n) is 6.36. The average Bonchev–Trinajstić information content (AvgIpc) is 3.35. The molecule has 0 unspecified atom stereocenters. The lowest BCUT2D eigenvalue weighted by Crippen LogP contribution is -2.11. The lowest BCUT2D eigenvalue weighted by atomic mass is 9.85. The van der Waals surface area contributed by atoms with Crippen molar-refractivity contribution in [1.29, 1.82) is 5.26 Å². The molecule has 0 bridgehead atoms. The number of nitriles is 1. The SMILES string of the molecule is COc1cc(-c2c(C#N)c(N)nc3c2CCc2[nH]ncc2-3)cc2c1OCO2. The number of hydrogen-bond donors (Lipinski definition) is 2. The van der Waals surface area contributed by atoms with Gasteiger partial charge in [0.1, 0.15) is 17.5 Å². The molecule has 8 nitrogen and oxygen atoms in total. The van der Waals surface area contributed by atoms with Gasteiger partial charge in [-0.15, -0.1) is 0 Å². The number of nitrogens with zero attached hydrogens (tertiary/aromatic N) is 3. The van der Waals surface area contributed by atoms with Gasteiger partial charge in [-0.1, -0.05) is 0 Å². The summed E-state index contributed by atoms with van der Waals surface area (Å²) in [4.78, 5) is 4.51. The van der Waals surface area contributed by atoms with E-state index in [4.69, 9.17) is 19.9 Å². The second-order valence-corrected chi connectivity index (χ2v) is 6.36. The number of hydrogen-bond acceptors (Lipinski definition) is 7. The van der Waals surface area contributed by atoms with E-state index in [1.165, 1.54) is 0 Å². The van der Waals surface area contributed by atoms with Crippen molar-refractivity contribution in [2.45, 2.75) is 12.8 Å². The molecule has 1 aromatic carbocycles. The normalized spacial score (nSPS) is 13.6. The van der Waals surface area contributed by atoms with Crippen LogP contribution in [0.4, 0.5) is 5.82 Å². The fraction of sp³-hybridized carbons (Fsp3) is 0.211. The number of fused-ring (bicyclic) bond motifs is 4. The number of H-pyrrole nitrogens is 1. The molecule has 0 saturated carbocycles. The number of anilines is 1. The van der Waals surface area contributed by atoms with E-state index in [-0.39, 0.29) is 12.6 Å². The van der Waals surface area contributed by atoms with Gasteiger partial charge >= 0.3 is 0 Å². The second kappa shape index (κ2) is 5.64. The average molecular weight is 361 g/mol. The molecule has 0 spiro atoms. The highest BCUT2D eigenvalue weighted by Crippen LogP contribution is 2.47. The molecular weight excluding hydrogens is 346 g/mol. The van der Waals surface area contributed by atoms with E-state index in [0.717, 1.165) is 46.5 Å². The monoisotopic (exact) mass is 361 g/mol. The van der Waals surface area contributed by atoms with Crippen molar-refractivity contribution in [3.8, 4) is 45.7 Å². The summed E-state index contributed by atoms with van der Waals surface area (Å²) >= 11 is 0. The maximum absolute atomic E-state index is 9.76. The largest absolute Gasteiger partial charge is 0.493 e. The number of nitrogen functional groups attached to an aromatic ring is 1. The number of benzene rings is 1. The van der Waals surface area contributed by atoms with Gasteiger partial charge < -0.3 is 19.9 Å². The molecule has 0 fully saturated rings. The van der Waals surface area contributed by atoms with E-state index in [0.29, 0.717) is 22.8 Å². The molecule has 0 amide bonds. The Bertz CT molecular complexity index is 1130. The molecule has 0 atom stereocenters. The van der Waals surface area contributed by atoms with Gasteiger partial charge in [-0.3, -0.25) is 5.10 Å². The highest BCUT2D eigenvalue weighted by Gasteiger charge is 2.28. The first-order chi connectivity index (χ1) is 13.2. The highest BCUT2D eigenvalue weighted by molar-refractivity contribution is 5.87. The third-order valence-electron chi connectivity index (χ3n) is 4.98. The fourth-order valence-corrected chi connectivity index (χ4v) is 3.77. The summed E-state index contributed by atoms with van der Waals surface area (Å²) in [6.45, 7) is 0.134. The van der Waals surface area contributed by atoms with Gasteiger partial charge in [0, 0.05) is 16.8 Å². The Labute approximate surface area is 154 Å². The summed E-state index contributed by atoms with van der Waals surface area (Å²) in [6.07, 6.45) is 3.25. The van der Waals surface area contributed by atoms with Crippen molar-refractivity contribution in [1.82, 2.24) is 15.2 Å². The van der Waals surface area contributed by atoms with Crippen molar-refractivity contribution >= 4 is 5.82 Å². The maximum Gasteiger partial charge on any atom is 0.231 e. The lowest BCUT2D eigenvalue weighted by Gasteiger charge is -2.21. The quantitative estimate of drug-likeness (QED) is 0.719. The van der Waals surface area contributed by atoms with E-state index in [9.17, 15) is 5.26 Å². The Morgan fingerprint density at radius 1 is 1.30 bits per heavy atom. The van der Waals surface area contributed by atoms with Crippen LogP contribution in [0, 0.1) is 11.3 Å². The number of pyridine rings is 1. The third kappa shape index (κ3) is 2.15. The van der Waals surface area contributed by atoms with E-state index < -0.39 is 0 Å². The number of ether oxygens (including phenoxy) is 3. The summed E-state index contributed by atoms with van der Waals surface area (Å²) in [5, 5.41) is 16.9. The Balaban J connectivity index is 1.82. The lowest BCUT2D eigenvalue weighted by molar-refractivity contribution is 0.171. The standard InChI is InChI=1S/C19H15N5O3/c1-25-14-4-9(5-15-18(14)27-8-26-15)16-10-2-3-13-12(7-22-24-13)17(10)23-19(21)11(16)6-20/h4-5,7H,2-3,8H2,1H3,(H2,21,23)(H,22,24). The van der Waals surface area contributed by atoms with E-state index in [1.54, 1.807) is 13.3 Å². The summed E-state index contributed by atoms with van der Waals surface area (Å²) in [5.74, 6) is 1.88. The zero-order valence-electron chi connectivity index (χ0n) is 14.5. The van der Waals surface area contributed by atoms with E-state index >= 15 is 0 Å². The van der Waals surface area contributed by atoms with Gasteiger partial charge in [-0.25, -0.2) is 4.98 Å². The number of aromatic amines is 1. The van der Waals surface area contributed by atoms with Crippen LogP contribution in [0.5, 0.6) is 17.2 Å². The van der Waals surface area contributed by atoms with Gasteiger partial charge in [-0.05, 0) is 36.1 Å². The van der Waals surface area contributed by atoms with Crippen LogP contribution in [-0.4, -0.2) is 29.1 Å². The van der Waals surface area contributed by atoms with Gasteiger partial charge in [-0.2, -0.15) is 10.4 Å². The summed E-state index contributed by atoms with van der Waals surface area (Å²) in [5.41, 5.74) is 11.7. The molecule has 0 saturated heterocycles. The van der Waals surface area contributed by atoms with Gasteiger partial charge in [0.15, 0.2) is 11.5 Å². The zero-order chi connectivity index (χ0) is 18.5. The Morgan fingerprint density at radius 3 is 3.00 bits per heavy atom. The molecule has 1 aliphatic carbocycles. The third-order valence-corrected chi connectivity index (χ3v) is 4.98. The van der Waals surface area contributed by atoms with Gasteiger partial charge in [0.05, 0.1) is 19.0 Å².